The molecule has 0 radical (unpaired) electrons. The number of hydrogen-bond donors (Lipinski definition) is 3. The zero-order valence-corrected chi connectivity index (χ0v) is 24.6. The first-order valence-electron chi connectivity index (χ1n) is 14.9. The van der Waals surface area contributed by atoms with Crippen LogP contribution in [-0.2, 0) is 32.5 Å². The molecule has 1 saturated carbocycles. The van der Waals surface area contributed by atoms with Crippen LogP contribution in [-0.4, -0.2) is 77.1 Å². The molecule has 6 atom stereocenters. The van der Waals surface area contributed by atoms with E-state index >= 15 is 0 Å². The van der Waals surface area contributed by atoms with Crippen molar-refractivity contribution in [2.24, 2.45) is 0 Å². The Hall–Kier alpha value is -3.07. The second-order valence-corrected chi connectivity index (χ2v) is 13.5. The number of piperidine rings is 1. The van der Waals surface area contributed by atoms with Crippen LogP contribution in [0.1, 0.15) is 56.7 Å². The van der Waals surface area contributed by atoms with E-state index in [1.807, 2.05) is 52.3 Å². The molecule has 2 aliphatic heterocycles. The van der Waals surface area contributed by atoms with Crippen LogP contribution >= 0.6 is 0 Å². The summed E-state index contributed by atoms with van der Waals surface area (Å²) in [5.41, 5.74) is 2.99. The number of phenols is 1. The minimum absolute atomic E-state index is 0.136. The molecule has 1 aromatic heterocycles. The SMILES string of the molecule is CO[C@@]12CC[C@@H](N[C@@H](Cc3c[nH]c4ccccc34)C(=O)OC(C)(C)C)[C@@H]3Oc4c(O)ccc5c4[C@@]31CCN(C)[C@@H]2C5. The number of carbonyl (C=O) groups excluding carboxylic acids is 1. The zero-order chi connectivity index (χ0) is 28.7. The number of benzene rings is 2. The number of likely N-dealkylation sites (N-methyl/N-ethyl adjacent to an activating group) is 1. The van der Waals surface area contributed by atoms with Gasteiger partial charge in [0.2, 0.25) is 0 Å². The number of nitrogens with one attached hydrogen (secondary N) is 2. The van der Waals surface area contributed by atoms with Gasteiger partial charge in [0, 0.05) is 48.3 Å². The van der Waals surface area contributed by atoms with E-state index in [4.69, 9.17) is 14.2 Å². The average molecular weight is 560 g/mol. The molecule has 0 amide bonds. The highest BCUT2D eigenvalue weighted by atomic mass is 16.6. The number of aromatic nitrogens is 1. The molecule has 0 unspecified atom stereocenters. The Kier molecular flexibility index (Phi) is 6.02. The Labute approximate surface area is 241 Å². The maximum atomic E-state index is 13.8. The highest BCUT2D eigenvalue weighted by Gasteiger charge is 2.73. The number of carbonyl (C=O) groups is 1. The number of ether oxygens (including phenoxy) is 3. The molecule has 41 heavy (non-hydrogen) atoms. The normalized spacial score (nSPS) is 31.0. The fraction of sp³-hybridized carbons (Fsp3) is 0.545. The van der Waals surface area contributed by atoms with Crippen LogP contribution in [0.3, 0.4) is 0 Å². The summed E-state index contributed by atoms with van der Waals surface area (Å²) in [4.78, 5) is 19.5. The zero-order valence-electron chi connectivity index (χ0n) is 24.6. The molecule has 8 nitrogen and oxygen atoms in total. The lowest BCUT2D eigenvalue weighted by Crippen LogP contribution is -2.78. The molecule has 1 saturated heterocycles. The summed E-state index contributed by atoms with van der Waals surface area (Å²) in [6, 6.07) is 11.5. The van der Waals surface area contributed by atoms with Crippen LogP contribution in [0, 0.1) is 0 Å². The van der Waals surface area contributed by atoms with Crippen molar-refractivity contribution < 1.29 is 24.1 Å². The molecule has 218 valence electrons. The van der Waals surface area contributed by atoms with E-state index in [-0.39, 0.29) is 29.9 Å². The molecule has 4 aliphatic rings. The number of phenolic OH excluding ortho intramolecular Hbond substituents is 1. The van der Waals surface area contributed by atoms with Crippen molar-refractivity contribution in [2.75, 3.05) is 20.7 Å². The lowest BCUT2D eigenvalue weighted by Gasteiger charge is -2.65. The summed E-state index contributed by atoms with van der Waals surface area (Å²) in [5.74, 6) is 0.500. The summed E-state index contributed by atoms with van der Waals surface area (Å²) < 4.78 is 19.3. The van der Waals surface area contributed by atoms with Crippen molar-refractivity contribution in [3.05, 3.63) is 59.3 Å². The first-order chi connectivity index (χ1) is 19.6. The van der Waals surface area contributed by atoms with Crippen molar-refractivity contribution in [2.45, 2.75) is 93.7 Å². The molecule has 2 aromatic carbocycles. The maximum Gasteiger partial charge on any atom is 0.324 e. The van der Waals surface area contributed by atoms with Crippen LogP contribution < -0.4 is 10.1 Å². The van der Waals surface area contributed by atoms with E-state index in [2.05, 4.69) is 34.4 Å². The summed E-state index contributed by atoms with van der Waals surface area (Å²) >= 11 is 0. The van der Waals surface area contributed by atoms with E-state index in [0.717, 1.165) is 54.3 Å². The van der Waals surface area contributed by atoms with Gasteiger partial charge in [-0.3, -0.25) is 10.1 Å². The van der Waals surface area contributed by atoms with Gasteiger partial charge in [-0.05, 0) is 83.3 Å². The number of aromatic hydroxyl groups is 1. The van der Waals surface area contributed by atoms with Gasteiger partial charge in [-0.15, -0.1) is 0 Å². The lowest BCUT2D eigenvalue weighted by atomic mass is 9.48. The molecule has 8 heteroatoms. The van der Waals surface area contributed by atoms with Crippen LogP contribution in [0.4, 0.5) is 0 Å². The van der Waals surface area contributed by atoms with Crippen molar-refractivity contribution in [1.82, 2.24) is 15.2 Å². The van der Waals surface area contributed by atoms with Crippen LogP contribution in [0.5, 0.6) is 11.5 Å². The van der Waals surface area contributed by atoms with E-state index in [0.29, 0.717) is 12.2 Å². The molecule has 3 aromatic rings. The number of rotatable bonds is 6. The Morgan fingerprint density at radius 2 is 2.05 bits per heavy atom. The highest BCUT2D eigenvalue weighted by Crippen LogP contribution is 2.66. The predicted octanol–water partition coefficient (Wildman–Crippen LogP) is 4.22. The number of hydrogen-bond acceptors (Lipinski definition) is 7. The van der Waals surface area contributed by atoms with Gasteiger partial charge in [0.1, 0.15) is 17.7 Å². The average Bonchev–Trinajstić information content (AvgIpc) is 3.51. The third-order valence-corrected chi connectivity index (χ3v) is 10.3. The van der Waals surface area contributed by atoms with Crippen LogP contribution in [0.15, 0.2) is 42.6 Å². The van der Waals surface area contributed by atoms with Crippen LogP contribution in [0.2, 0.25) is 0 Å². The van der Waals surface area contributed by atoms with Gasteiger partial charge in [0.25, 0.3) is 0 Å². The highest BCUT2D eigenvalue weighted by molar-refractivity contribution is 5.84. The molecular formula is C33H41N3O5. The number of aromatic amines is 1. The summed E-state index contributed by atoms with van der Waals surface area (Å²) in [6.07, 6.45) is 5.53. The molecule has 3 N–H and O–H groups in total. The molecule has 3 heterocycles. The van der Waals surface area contributed by atoms with E-state index in [1.54, 1.807) is 6.07 Å². The van der Waals surface area contributed by atoms with E-state index in [1.165, 1.54) is 5.56 Å². The summed E-state index contributed by atoms with van der Waals surface area (Å²) in [6.45, 7) is 6.63. The number of esters is 1. The summed E-state index contributed by atoms with van der Waals surface area (Å²) in [7, 11) is 4.03. The standard InChI is InChI=1S/C33H41N3O5/c1-31(2,3)41-30(38)24(16-20-18-34-22-9-7-6-8-21(20)22)35-23-12-13-33(39-5)26-17-19-10-11-25(37)28-27(19)32(33,29(23)40-28)14-15-36(26)4/h6-11,18,23-24,26,29,34-35,37H,12-17H2,1-5H3/t23-,24+,26-,29+,32+,33-/m1/s1. The van der Waals surface area contributed by atoms with Crippen molar-refractivity contribution >= 4 is 16.9 Å². The topological polar surface area (TPSA) is 96.0 Å². The molecule has 2 aliphatic carbocycles. The Bertz CT molecular complexity index is 1510. The van der Waals surface area contributed by atoms with Gasteiger partial charge in [0.05, 0.1) is 11.0 Å². The number of fused-ring (bicyclic) bond motifs is 1. The quantitative estimate of drug-likeness (QED) is 0.389. The Morgan fingerprint density at radius 1 is 1.24 bits per heavy atom. The molecule has 2 bridgehead atoms. The minimum atomic E-state index is -0.612. The number of likely N-dealkylation sites (tertiary alicyclic amines) is 1. The number of para-hydroxylation sites is 1. The fourth-order valence-corrected chi connectivity index (χ4v) is 8.67. The first-order valence-corrected chi connectivity index (χ1v) is 14.9. The van der Waals surface area contributed by atoms with Gasteiger partial charge in [-0.2, -0.15) is 0 Å². The van der Waals surface area contributed by atoms with Gasteiger partial charge in [0.15, 0.2) is 11.5 Å². The van der Waals surface area contributed by atoms with E-state index in [9.17, 15) is 9.90 Å². The molecule has 1 spiro atoms. The second-order valence-electron chi connectivity index (χ2n) is 13.5. The molecule has 7 rings (SSSR count). The lowest BCUT2D eigenvalue weighted by molar-refractivity contribution is -0.204. The van der Waals surface area contributed by atoms with Crippen LogP contribution in [0.25, 0.3) is 10.9 Å². The van der Waals surface area contributed by atoms with Crippen molar-refractivity contribution in [3.8, 4) is 11.5 Å². The number of H-pyrrole nitrogens is 1. The van der Waals surface area contributed by atoms with Gasteiger partial charge in [-0.25, -0.2) is 0 Å². The number of methoxy groups -OCH3 is 1. The summed E-state index contributed by atoms with van der Waals surface area (Å²) in [5, 5.41) is 15.9. The number of nitrogens with zero attached hydrogens (tertiary/aromatic N) is 1. The minimum Gasteiger partial charge on any atom is -0.504 e. The first kappa shape index (κ1) is 26.8. The predicted molar refractivity (Wildman–Crippen MR) is 156 cm³/mol. The largest absolute Gasteiger partial charge is 0.504 e. The maximum absolute atomic E-state index is 13.8. The smallest absolute Gasteiger partial charge is 0.324 e. The monoisotopic (exact) mass is 559 g/mol. The third kappa shape index (κ3) is 3.80. The van der Waals surface area contributed by atoms with Gasteiger partial charge >= 0.3 is 5.97 Å². The molecular weight excluding hydrogens is 518 g/mol. The van der Waals surface area contributed by atoms with Gasteiger partial charge in [-0.1, -0.05) is 24.3 Å². The van der Waals surface area contributed by atoms with Crippen molar-refractivity contribution in [3.63, 3.8) is 0 Å². The van der Waals surface area contributed by atoms with Crippen molar-refractivity contribution in [1.29, 1.82) is 0 Å². The third-order valence-electron chi connectivity index (χ3n) is 10.3. The Morgan fingerprint density at radius 3 is 2.83 bits per heavy atom. The molecule has 2 fully saturated rings. The second kappa shape index (κ2) is 9.21. The van der Waals surface area contributed by atoms with E-state index < -0.39 is 22.7 Å². The Balaban J connectivity index is 1.29. The van der Waals surface area contributed by atoms with Gasteiger partial charge < -0.3 is 29.2 Å². The fourth-order valence-electron chi connectivity index (χ4n) is 8.67.